The van der Waals surface area contributed by atoms with Gasteiger partial charge in [-0.1, -0.05) is 6.42 Å². The Balaban J connectivity index is 1.52. The molecule has 0 unspecified atom stereocenters. The van der Waals surface area contributed by atoms with Crippen LogP contribution in [0.2, 0.25) is 0 Å². The molecule has 7 heteroatoms. The van der Waals surface area contributed by atoms with Crippen LogP contribution in [-0.4, -0.2) is 18.5 Å². The maximum atomic E-state index is 12.1. The van der Waals surface area contributed by atoms with E-state index >= 15 is 0 Å². The summed E-state index contributed by atoms with van der Waals surface area (Å²) in [6.45, 7) is -0.357. The predicted octanol–water partition coefficient (Wildman–Crippen LogP) is 3.60. The Labute approximate surface area is 155 Å². The molecule has 2 aromatic heterocycles. The van der Waals surface area contributed by atoms with Crippen molar-refractivity contribution in [2.24, 2.45) is 0 Å². The van der Waals surface area contributed by atoms with Crippen LogP contribution in [0.15, 0.2) is 22.8 Å². The molecule has 1 aliphatic rings. The summed E-state index contributed by atoms with van der Waals surface area (Å²) in [4.78, 5) is 25.0. The molecule has 0 bridgehead atoms. The highest BCUT2D eigenvalue weighted by Crippen LogP contribution is 2.36. The average Bonchev–Trinajstić information content (AvgIpc) is 3.20. The molecule has 136 valence electrons. The minimum absolute atomic E-state index is 0.150. The summed E-state index contributed by atoms with van der Waals surface area (Å²) < 4.78 is 10.1. The van der Waals surface area contributed by atoms with E-state index in [0.717, 1.165) is 31.2 Å². The number of hydrogen-bond donors (Lipinski definition) is 1. The molecular weight excluding hydrogens is 352 g/mol. The number of carbonyl (C=O) groups excluding carboxylic acids is 2. The third-order valence-corrected chi connectivity index (χ3v) is 5.51. The fraction of sp³-hybridized carbons (Fsp3) is 0.421. The summed E-state index contributed by atoms with van der Waals surface area (Å²) >= 11 is 1.46. The third-order valence-electron chi connectivity index (χ3n) is 4.31. The highest BCUT2D eigenvalue weighted by Gasteiger charge is 2.21. The molecular formula is C19H20N2O4S. The molecule has 26 heavy (non-hydrogen) atoms. The van der Waals surface area contributed by atoms with Crippen molar-refractivity contribution in [3.63, 3.8) is 0 Å². The van der Waals surface area contributed by atoms with Crippen molar-refractivity contribution in [2.75, 3.05) is 11.9 Å². The highest BCUT2D eigenvalue weighted by molar-refractivity contribution is 7.16. The van der Waals surface area contributed by atoms with Gasteiger partial charge in [-0.05, 0) is 43.4 Å². The van der Waals surface area contributed by atoms with E-state index in [1.165, 1.54) is 22.6 Å². The van der Waals surface area contributed by atoms with Crippen molar-refractivity contribution >= 4 is 28.2 Å². The SMILES string of the molecule is N#Cc1c(NC(=O)COC(=O)CCc2ccco2)sc2c1CCCCC2. The number of esters is 1. The zero-order valence-electron chi connectivity index (χ0n) is 14.4. The molecule has 1 aliphatic carbocycles. The maximum absolute atomic E-state index is 12.1. The molecule has 0 aliphatic heterocycles. The zero-order valence-corrected chi connectivity index (χ0v) is 15.2. The lowest BCUT2D eigenvalue weighted by atomic mass is 10.1. The van der Waals surface area contributed by atoms with Crippen molar-refractivity contribution < 1.29 is 18.7 Å². The summed E-state index contributed by atoms with van der Waals surface area (Å²) in [5.41, 5.74) is 1.63. The first kappa shape index (κ1) is 18.2. The van der Waals surface area contributed by atoms with E-state index in [-0.39, 0.29) is 13.0 Å². The molecule has 0 aromatic carbocycles. The number of thiophene rings is 1. The zero-order chi connectivity index (χ0) is 18.4. The molecule has 1 N–H and O–H groups in total. The molecule has 2 heterocycles. The van der Waals surface area contributed by atoms with Gasteiger partial charge in [0.25, 0.3) is 5.91 Å². The Bertz CT molecular complexity index is 817. The van der Waals surface area contributed by atoms with Crippen LogP contribution in [0.4, 0.5) is 5.00 Å². The standard InChI is InChI=1S/C19H20N2O4S/c20-11-15-14-6-2-1-3-7-16(14)26-19(15)21-17(22)12-25-18(23)9-8-13-5-4-10-24-13/h4-5,10H,1-3,6-9,12H2,(H,21,22). The first-order valence-electron chi connectivity index (χ1n) is 8.70. The average molecular weight is 372 g/mol. The third kappa shape index (κ3) is 4.52. The number of nitrogens with zero attached hydrogens (tertiary/aromatic N) is 1. The van der Waals surface area contributed by atoms with Crippen LogP contribution in [0, 0.1) is 11.3 Å². The summed E-state index contributed by atoms with van der Waals surface area (Å²) in [5, 5.41) is 12.7. The molecule has 0 fully saturated rings. The quantitative estimate of drug-likeness (QED) is 0.618. The van der Waals surface area contributed by atoms with Crippen molar-refractivity contribution in [3.8, 4) is 6.07 Å². The number of fused-ring (bicyclic) bond motifs is 1. The summed E-state index contributed by atoms with van der Waals surface area (Å²) in [7, 11) is 0. The number of ether oxygens (including phenoxy) is 1. The Morgan fingerprint density at radius 1 is 1.31 bits per heavy atom. The number of amides is 1. The number of rotatable bonds is 6. The van der Waals surface area contributed by atoms with Gasteiger partial charge in [0.15, 0.2) is 6.61 Å². The van der Waals surface area contributed by atoms with Gasteiger partial charge in [-0.15, -0.1) is 11.3 Å². The van der Waals surface area contributed by atoms with Gasteiger partial charge in [0.2, 0.25) is 0 Å². The van der Waals surface area contributed by atoms with Gasteiger partial charge in [0.1, 0.15) is 16.8 Å². The van der Waals surface area contributed by atoms with Gasteiger partial charge in [0, 0.05) is 11.3 Å². The van der Waals surface area contributed by atoms with Crippen LogP contribution in [0.25, 0.3) is 0 Å². The molecule has 2 aromatic rings. The molecule has 0 saturated heterocycles. The van der Waals surface area contributed by atoms with Crippen molar-refractivity contribution in [3.05, 3.63) is 40.2 Å². The van der Waals surface area contributed by atoms with E-state index in [0.29, 0.717) is 22.7 Å². The topological polar surface area (TPSA) is 92.3 Å². The van der Waals surface area contributed by atoms with Gasteiger partial charge in [-0.2, -0.15) is 5.26 Å². The minimum atomic E-state index is -0.459. The van der Waals surface area contributed by atoms with Crippen LogP contribution in [-0.2, 0) is 33.6 Å². The monoisotopic (exact) mass is 372 g/mol. The molecule has 6 nitrogen and oxygen atoms in total. The van der Waals surface area contributed by atoms with E-state index in [2.05, 4.69) is 11.4 Å². The van der Waals surface area contributed by atoms with Crippen molar-refractivity contribution in [1.29, 1.82) is 5.26 Å². The lowest BCUT2D eigenvalue weighted by Crippen LogP contribution is -2.21. The van der Waals surface area contributed by atoms with Gasteiger partial charge in [0.05, 0.1) is 18.2 Å². The lowest BCUT2D eigenvalue weighted by molar-refractivity contribution is -0.147. The predicted molar refractivity (Wildman–Crippen MR) is 96.9 cm³/mol. The van der Waals surface area contributed by atoms with Crippen molar-refractivity contribution in [1.82, 2.24) is 0 Å². The van der Waals surface area contributed by atoms with E-state index in [4.69, 9.17) is 9.15 Å². The molecule has 0 radical (unpaired) electrons. The number of carbonyl (C=O) groups is 2. The maximum Gasteiger partial charge on any atom is 0.306 e. The summed E-state index contributed by atoms with van der Waals surface area (Å²) in [5.74, 6) is -0.187. The van der Waals surface area contributed by atoms with Gasteiger partial charge in [-0.3, -0.25) is 9.59 Å². The van der Waals surface area contributed by atoms with E-state index in [1.54, 1.807) is 18.4 Å². The largest absolute Gasteiger partial charge is 0.469 e. The Morgan fingerprint density at radius 2 is 2.15 bits per heavy atom. The molecule has 0 saturated carbocycles. The molecule has 0 spiro atoms. The second-order valence-electron chi connectivity index (χ2n) is 6.17. The van der Waals surface area contributed by atoms with Crippen LogP contribution < -0.4 is 5.32 Å². The lowest BCUT2D eigenvalue weighted by Gasteiger charge is -2.05. The highest BCUT2D eigenvalue weighted by atomic mass is 32.1. The Morgan fingerprint density at radius 3 is 2.92 bits per heavy atom. The molecule has 3 rings (SSSR count). The number of furan rings is 1. The van der Waals surface area contributed by atoms with E-state index in [1.807, 2.05) is 0 Å². The Hall–Kier alpha value is -2.59. The second-order valence-corrected chi connectivity index (χ2v) is 7.27. The Kier molecular flexibility index (Phi) is 6.08. The minimum Gasteiger partial charge on any atom is -0.469 e. The number of nitrogens with one attached hydrogen (secondary N) is 1. The van der Waals surface area contributed by atoms with Crippen LogP contribution in [0.3, 0.4) is 0 Å². The fourth-order valence-electron chi connectivity index (χ4n) is 3.01. The number of anilines is 1. The molecule has 0 atom stereocenters. The fourth-order valence-corrected chi connectivity index (χ4v) is 4.27. The first-order valence-corrected chi connectivity index (χ1v) is 9.51. The second kappa shape index (κ2) is 8.68. The summed E-state index contributed by atoms with van der Waals surface area (Å²) in [6.07, 6.45) is 7.31. The number of nitriles is 1. The smallest absolute Gasteiger partial charge is 0.306 e. The molecule has 1 amide bonds. The first-order chi connectivity index (χ1) is 12.7. The van der Waals surface area contributed by atoms with Gasteiger partial charge < -0.3 is 14.5 Å². The number of aryl methyl sites for hydroxylation is 2. The van der Waals surface area contributed by atoms with Crippen LogP contribution >= 0.6 is 11.3 Å². The van der Waals surface area contributed by atoms with Gasteiger partial charge in [-0.25, -0.2) is 0 Å². The number of hydrogen-bond acceptors (Lipinski definition) is 6. The van der Waals surface area contributed by atoms with E-state index in [9.17, 15) is 14.9 Å². The van der Waals surface area contributed by atoms with Crippen molar-refractivity contribution in [2.45, 2.75) is 44.9 Å². The summed E-state index contributed by atoms with van der Waals surface area (Å²) in [6, 6.07) is 5.75. The van der Waals surface area contributed by atoms with E-state index < -0.39 is 11.9 Å². The normalized spacial score (nSPS) is 13.3. The van der Waals surface area contributed by atoms with Crippen LogP contribution in [0.1, 0.15) is 47.4 Å². The van der Waals surface area contributed by atoms with Gasteiger partial charge >= 0.3 is 5.97 Å². The van der Waals surface area contributed by atoms with Crippen LogP contribution in [0.5, 0.6) is 0 Å².